The summed E-state index contributed by atoms with van der Waals surface area (Å²) >= 11 is 1.25. The van der Waals surface area contributed by atoms with E-state index in [1.807, 2.05) is 49.5 Å². The molecule has 0 aliphatic heterocycles. The first-order chi connectivity index (χ1) is 12.5. The van der Waals surface area contributed by atoms with Crippen molar-refractivity contribution in [3.63, 3.8) is 0 Å². The van der Waals surface area contributed by atoms with Gasteiger partial charge in [-0.05, 0) is 60.7 Å². The lowest BCUT2D eigenvalue weighted by atomic mass is 10.2. The van der Waals surface area contributed by atoms with E-state index in [4.69, 9.17) is 0 Å². The number of benzene rings is 3. The van der Waals surface area contributed by atoms with Gasteiger partial charge in [-0.25, -0.2) is 0 Å². The maximum Gasteiger partial charge on any atom is 0.190 e. The number of nitrogens with zero attached hydrogens (tertiary/aromatic N) is 2. The first-order valence-electron chi connectivity index (χ1n) is 8.45. The third kappa shape index (κ3) is 4.27. The van der Waals surface area contributed by atoms with E-state index in [2.05, 4.69) is 53.2 Å². The van der Waals surface area contributed by atoms with E-state index in [0.29, 0.717) is 0 Å². The van der Waals surface area contributed by atoms with Crippen LogP contribution in [0.1, 0.15) is 6.92 Å². The van der Waals surface area contributed by atoms with Crippen molar-refractivity contribution >= 4 is 39.6 Å². The van der Waals surface area contributed by atoms with Gasteiger partial charge in [0, 0.05) is 48.7 Å². The summed E-state index contributed by atoms with van der Waals surface area (Å²) in [5, 5.41) is 0.101. The molecule has 132 valence electrons. The van der Waals surface area contributed by atoms with Crippen molar-refractivity contribution in [3.05, 3.63) is 78.9 Å². The minimum Gasteiger partial charge on any atom is -0.345 e. The van der Waals surface area contributed by atoms with Crippen molar-refractivity contribution in [2.45, 2.75) is 11.8 Å². The molecular formula is C22H22N2OS. The number of anilines is 4. The van der Waals surface area contributed by atoms with Gasteiger partial charge in [-0.3, -0.25) is 4.79 Å². The minimum absolute atomic E-state index is 0.101. The van der Waals surface area contributed by atoms with Crippen LogP contribution in [0.3, 0.4) is 0 Å². The van der Waals surface area contributed by atoms with Crippen LogP contribution in [0.15, 0.2) is 83.8 Å². The average molecular weight is 362 g/mol. The summed E-state index contributed by atoms with van der Waals surface area (Å²) < 4.78 is 0. The van der Waals surface area contributed by atoms with Crippen molar-refractivity contribution in [2.24, 2.45) is 0 Å². The average Bonchev–Trinajstić information content (AvgIpc) is 2.68. The van der Waals surface area contributed by atoms with Crippen molar-refractivity contribution in [2.75, 3.05) is 23.9 Å². The molecular weight excluding hydrogens is 340 g/mol. The Bertz CT molecular complexity index is 861. The molecule has 0 saturated carbocycles. The Labute approximate surface area is 159 Å². The highest BCUT2D eigenvalue weighted by atomic mass is 32.2. The number of thioether (sulfide) groups is 1. The number of carbonyl (C=O) groups is 1. The molecule has 0 radical (unpaired) electrons. The molecule has 0 atom stereocenters. The van der Waals surface area contributed by atoms with E-state index in [1.54, 1.807) is 6.92 Å². The summed E-state index contributed by atoms with van der Waals surface area (Å²) in [7, 11) is 4.11. The lowest BCUT2D eigenvalue weighted by Crippen LogP contribution is -2.11. The predicted molar refractivity (Wildman–Crippen MR) is 112 cm³/mol. The Hall–Kier alpha value is -2.72. The second-order valence-electron chi connectivity index (χ2n) is 6.06. The number of hydrogen-bond donors (Lipinski definition) is 0. The summed E-state index contributed by atoms with van der Waals surface area (Å²) in [5.74, 6) is 0. The van der Waals surface area contributed by atoms with Gasteiger partial charge in [0.1, 0.15) is 0 Å². The maximum atomic E-state index is 11.2. The van der Waals surface area contributed by atoms with E-state index < -0.39 is 0 Å². The van der Waals surface area contributed by atoms with Gasteiger partial charge in [0.25, 0.3) is 0 Å². The Morgan fingerprint density at radius 1 is 0.654 bits per heavy atom. The zero-order valence-corrected chi connectivity index (χ0v) is 16.0. The molecule has 0 spiro atoms. The van der Waals surface area contributed by atoms with Gasteiger partial charge in [-0.15, -0.1) is 0 Å². The zero-order chi connectivity index (χ0) is 18.5. The Balaban J connectivity index is 1.74. The van der Waals surface area contributed by atoms with E-state index in [0.717, 1.165) is 27.6 Å². The van der Waals surface area contributed by atoms with Crippen LogP contribution in [0.5, 0.6) is 0 Å². The summed E-state index contributed by atoms with van der Waals surface area (Å²) in [6.07, 6.45) is 0. The van der Waals surface area contributed by atoms with Crippen molar-refractivity contribution in [1.29, 1.82) is 0 Å². The molecule has 3 aromatic carbocycles. The van der Waals surface area contributed by atoms with E-state index in [-0.39, 0.29) is 5.12 Å². The lowest BCUT2D eigenvalue weighted by Gasteiger charge is -2.23. The molecule has 0 aliphatic carbocycles. The molecule has 3 nitrogen and oxygen atoms in total. The summed E-state index contributed by atoms with van der Waals surface area (Å²) in [6.45, 7) is 1.58. The molecule has 3 aromatic rings. The Morgan fingerprint density at radius 2 is 1.04 bits per heavy atom. The van der Waals surface area contributed by atoms with Crippen LogP contribution >= 0.6 is 11.8 Å². The van der Waals surface area contributed by atoms with Crippen LogP contribution in [0.4, 0.5) is 22.7 Å². The van der Waals surface area contributed by atoms with Gasteiger partial charge in [-0.2, -0.15) is 0 Å². The number of carbonyl (C=O) groups excluding carboxylic acids is 1. The van der Waals surface area contributed by atoms with Crippen LogP contribution in [0.2, 0.25) is 0 Å². The molecule has 0 heterocycles. The molecule has 4 heteroatoms. The highest BCUT2D eigenvalue weighted by Crippen LogP contribution is 2.30. The van der Waals surface area contributed by atoms with Gasteiger partial charge in [0.15, 0.2) is 5.12 Å². The quantitative estimate of drug-likeness (QED) is 0.530. The van der Waals surface area contributed by atoms with Gasteiger partial charge < -0.3 is 9.80 Å². The molecule has 3 rings (SSSR count). The highest BCUT2D eigenvalue weighted by molar-refractivity contribution is 8.13. The molecule has 0 aromatic heterocycles. The van der Waals surface area contributed by atoms with Gasteiger partial charge in [0.05, 0.1) is 0 Å². The van der Waals surface area contributed by atoms with Gasteiger partial charge in [-0.1, -0.05) is 30.0 Å². The summed E-state index contributed by atoms with van der Waals surface area (Å²) in [4.78, 5) is 16.5. The van der Waals surface area contributed by atoms with E-state index >= 15 is 0 Å². The van der Waals surface area contributed by atoms with Gasteiger partial charge in [0.2, 0.25) is 0 Å². The second-order valence-corrected chi connectivity index (χ2v) is 7.31. The fraction of sp³-hybridized carbons (Fsp3) is 0.136. The standard InChI is InChI=1S/C22H22N2OS/c1-17(25)26-22-15-13-21(14-16-22)24(3)20-11-9-19(10-12-20)23(2)18-7-5-4-6-8-18/h4-16H,1-3H3. The molecule has 0 amide bonds. The van der Waals surface area contributed by atoms with Crippen LogP contribution in [-0.2, 0) is 4.79 Å². The monoisotopic (exact) mass is 362 g/mol. The smallest absolute Gasteiger partial charge is 0.190 e. The first kappa shape index (κ1) is 18.1. The third-order valence-electron chi connectivity index (χ3n) is 4.25. The topological polar surface area (TPSA) is 23.6 Å². The fourth-order valence-corrected chi connectivity index (χ4v) is 3.36. The third-order valence-corrected chi connectivity index (χ3v) is 5.05. The fourth-order valence-electron chi connectivity index (χ4n) is 2.75. The SMILES string of the molecule is CC(=O)Sc1ccc(N(C)c2ccc(N(C)c3ccccc3)cc2)cc1. The number of para-hydroxylation sites is 1. The summed E-state index contributed by atoms with van der Waals surface area (Å²) in [6, 6.07) is 26.8. The van der Waals surface area contributed by atoms with Crippen LogP contribution in [0.25, 0.3) is 0 Å². The maximum absolute atomic E-state index is 11.2. The van der Waals surface area contributed by atoms with Crippen LogP contribution in [-0.4, -0.2) is 19.2 Å². The summed E-state index contributed by atoms with van der Waals surface area (Å²) in [5.41, 5.74) is 4.50. The zero-order valence-electron chi connectivity index (χ0n) is 15.2. The van der Waals surface area contributed by atoms with E-state index in [1.165, 1.54) is 11.8 Å². The normalized spacial score (nSPS) is 10.4. The number of rotatable bonds is 5. The molecule has 0 bridgehead atoms. The van der Waals surface area contributed by atoms with Crippen molar-refractivity contribution < 1.29 is 4.79 Å². The molecule has 0 aliphatic rings. The van der Waals surface area contributed by atoms with Gasteiger partial charge >= 0.3 is 0 Å². The molecule has 26 heavy (non-hydrogen) atoms. The van der Waals surface area contributed by atoms with Crippen LogP contribution < -0.4 is 9.80 Å². The molecule has 0 saturated heterocycles. The second kappa shape index (κ2) is 8.11. The largest absolute Gasteiger partial charge is 0.345 e. The minimum atomic E-state index is 0.101. The van der Waals surface area contributed by atoms with Crippen LogP contribution in [0, 0.1) is 0 Å². The Kier molecular flexibility index (Phi) is 5.64. The van der Waals surface area contributed by atoms with Crippen molar-refractivity contribution in [1.82, 2.24) is 0 Å². The van der Waals surface area contributed by atoms with E-state index in [9.17, 15) is 4.79 Å². The van der Waals surface area contributed by atoms with Crippen molar-refractivity contribution in [3.8, 4) is 0 Å². The predicted octanol–water partition coefficient (Wildman–Crippen LogP) is 5.86. The lowest BCUT2D eigenvalue weighted by molar-refractivity contribution is -0.109. The molecule has 0 fully saturated rings. The number of hydrogen-bond acceptors (Lipinski definition) is 4. The Morgan fingerprint density at radius 3 is 1.46 bits per heavy atom. The highest BCUT2D eigenvalue weighted by Gasteiger charge is 2.07. The molecule has 0 N–H and O–H groups in total. The molecule has 0 unspecified atom stereocenters. The first-order valence-corrected chi connectivity index (χ1v) is 9.27.